The van der Waals surface area contributed by atoms with Gasteiger partial charge in [-0.15, -0.1) is 0 Å². The van der Waals surface area contributed by atoms with E-state index in [4.69, 9.17) is 0 Å². The molecular weight excluding hydrogens is 242 g/mol. The first-order chi connectivity index (χ1) is 8.75. The SMILES string of the molecule is C[B][B]C(=O)N[C@H](C(=O)N1CC[C@@H](O)C1)C(C)(C)C. The summed E-state index contributed by atoms with van der Waals surface area (Å²) in [5.41, 5.74) is -0.373. The van der Waals surface area contributed by atoms with Crippen molar-refractivity contribution in [3.63, 3.8) is 0 Å². The minimum atomic E-state index is -0.582. The van der Waals surface area contributed by atoms with Gasteiger partial charge in [0.1, 0.15) is 6.04 Å². The first-order valence-electron chi connectivity index (χ1n) is 6.65. The van der Waals surface area contributed by atoms with Gasteiger partial charge in [-0.3, -0.25) is 9.59 Å². The number of hydrogen-bond donors (Lipinski definition) is 2. The van der Waals surface area contributed by atoms with E-state index in [9.17, 15) is 14.7 Å². The van der Waals surface area contributed by atoms with Crippen LogP contribution in [0.2, 0.25) is 6.82 Å². The van der Waals surface area contributed by atoms with E-state index < -0.39 is 12.1 Å². The van der Waals surface area contributed by atoms with Crippen LogP contribution >= 0.6 is 0 Å². The normalized spacial score (nSPS) is 20.9. The summed E-state index contributed by atoms with van der Waals surface area (Å²) < 4.78 is 0. The number of nitrogens with one attached hydrogen (secondary N) is 1. The van der Waals surface area contributed by atoms with Gasteiger partial charge in [0.25, 0.3) is 0 Å². The molecule has 1 fully saturated rings. The van der Waals surface area contributed by atoms with E-state index >= 15 is 0 Å². The molecule has 0 saturated carbocycles. The van der Waals surface area contributed by atoms with Crippen LogP contribution in [0.5, 0.6) is 0 Å². The van der Waals surface area contributed by atoms with Crippen LogP contribution in [0.1, 0.15) is 27.2 Å². The minimum Gasteiger partial charge on any atom is -0.391 e. The number of carbonyl (C=O) groups excluding carboxylic acids is 2. The largest absolute Gasteiger partial charge is 0.391 e. The highest BCUT2D eigenvalue weighted by Crippen LogP contribution is 2.23. The predicted octanol–water partition coefficient (Wildman–Crippen LogP) is 0.0754. The Bertz CT molecular complexity index is 344. The van der Waals surface area contributed by atoms with Crippen LogP contribution in [0, 0.1) is 5.41 Å². The van der Waals surface area contributed by atoms with E-state index in [1.807, 2.05) is 20.8 Å². The maximum absolute atomic E-state index is 12.5. The van der Waals surface area contributed by atoms with Crippen LogP contribution in [-0.4, -0.2) is 61.3 Å². The maximum Gasteiger partial charge on any atom is 0.245 e. The van der Waals surface area contributed by atoms with Crippen molar-refractivity contribution in [1.29, 1.82) is 0 Å². The van der Waals surface area contributed by atoms with Crippen molar-refractivity contribution in [1.82, 2.24) is 10.2 Å². The Morgan fingerprint density at radius 2 is 2.05 bits per heavy atom. The number of hydrogen-bond acceptors (Lipinski definition) is 3. The van der Waals surface area contributed by atoms with Gasteiger partial charge in [0.2, 0.25) is 5.91 Å². The van der Waals surface area contributed by atoms with E-state index in [0.29, 0.717) is 19.5 Å². The van der Waals surface area contributed by atoms with E-state index in [1.54, 1.807) is 18.9 Å². The van der Waals surface area contributed by atoms with Crippen LogP contribution in [-0.2, 0) is 4.79 Å². The van der Waals surface area contributed by atoms with Crippen LogP contribution in [0.25, 0.3) is 0 Å². The Hall–Kier alpha value is -0.970. The third-order valence-corrected chi connectivity index (χ3v) is 3.19. The second-order valence-corrected chi connectivity index (χ2v) is 6.03. The molecule has 5 nitrogen and oxygen atoms in total. The van der Waals surface area contributed by atoms with Gasteiger partial charge in [-0.1, -0.05) is 27.6 Å². The van der Waals surface area contributed by atoms with E-state index in [-0.39, 0.29) is 17.1 Å². The lowest BCUT2D eigenvalue weighted by Crippen LogP contribution is -2.55. The number of aliphatic hydroxyl groups is 1. The smallest absolute Gasteiger partial charge is 0.245 e. The van der Waals surface area contributed by atoms with Crippen molar-refractivity contribution in [2.45, 2.75) is 46.2 Å². The highest BCUT2D eigenvalue weighted by molar-refractivity contribution is 7.15. The molecule has 2 amide bonds. The fraction of sp³-hybridized carbons (Fsp3) is 0.833. The van der Waals surface area contributed by atoms with Crippen LogP contribution < -0.4 is 5.32 Å². The van der Waals surface area contributed by atoms with E-state index in [2.05, 4.69) is 5.32 Å². The minimum absolute atomic E-state index is 0.123. The lowest BCUT2D eigenvalue weighted by Gasteiger charge is -2.33. The number of rotatable bonds is 4. The molecule has 104 valence electrons. The summed E-state index contributed by atoms with van der Waals surface area (Å²) in [4.78, 5) is 25.7. The monoisotopic (exact) mass is 264 g/mol. The lowest BCUT2D eigenvalue weighted by molar-refractivity contribution is -0.135. The molecule has 7 heteroatoms. The van der Waals surface area contributed by atoms with Gasteiger partial charge in [0, 0.05) is 13.1 Å². The molecule has 1 aliphatic rings. The fourth-order valence-corrected chi connectivity index (χ4v) is 2.11. The first-order valence-corrected chi connectivity index (χ1v) is 6.65. The third-order valence-electron chi connectivity index (χ3n) is 3.19. The summed E-state index contributed by atoms with van der Waals surface area (Å²) in [7, 11) is 3.05. The lowest BCUT2D eigenvalue weighted by atomic mass is 9.40. The molecule has 2 N–H and O–H groups in total. The standard InChI is InChI=1S/C12H22B2N2O3/c1-12(2,3)9(15-11(19)14-13-4)10(18)16-6-5-8(17)7-16/h8-9,17H,5-7H2,1-4H3,(H,15,19)/t8-,9-/m1/s1. The molecule has 1 heterocycles. The Morgan fingerprint density at radius 1 is 1.42 bits per heavy atom. The number of likely N-dealkylation sites (tertiary alicyclic amines) is 1. The zero-order valence-corrected chi connectivity index (χ0v) is 12.1. The molecule has 0 aromatic carbocycles. The van der Waals surface area contributed by atoms with Gasteiger partial charge in [-0.25, -0.2) is 0 Å². The summed E-state index contributed by atoms with van der Waals surface area (Å²) in [5, 5.41) is 12.3. The molecule has 2 atom stereocenters. The molecule has 0 aliphatic carbocycles. The average molecular weight is 264 g/mol. The van der Waals surface area contributed by atoms with Gasteiger partial charge in [-0.2, -0.15) is 0 Å². The van der Waals surface area contributed by atoms with Crippen molar-refractivity contribution < 1.29 is 14.7 Å². The molecule has 0 spiro atoms. The van der Waals surface area contributed by atoms with E-state index in [1.165, 1.54) is 7.17 Å². The highest BCUT2D eigenvalue weighted by Gasteiger charge is 2.37. The topological polar surface area (TPSA) is 69.6 Å². The summed E-state index contributed by atoms with van der Waals surface area (Å²) in [6.07, 6.45) is 0.154. The van der Waals surface area contributed by atoms with Gasteiger partial charge < -0.3 is 15.3 Å². The van der Waals surface area contributed by atoms with Crippen molar-refractivity contribution >= 4 is 26.1 Å². The quantitative estimate of drug-likeness (QED) is 0.706. The molecule has 0 aromatic rings. The van der Waals surface area contributed by atoms with Gasteiger partial charge in [-0.05, 0) is 11.8 Å². The second kappa shape index (κ2) is 6.46. The molecule has 0 unspecified atom stereocenters. The molecule has 1 rings (SSSR count). The molecule has 2 radical (unpaired) electrons. The number of aliphatic hydroxyl groups excluding tert-OH is 1. The summed E-state index contributed by atoms with van der Waals surface area (Å²) in [6, 6.07) is -0.582. The van der Waals surface area contributed by atoms with E-state index in [0.717, 1.165) is 0 Å². The summed E-state index contributed by atoms with van der Waals surface area (Å²) in [5.74, 6) is -0.391. The zero-order valence-electron chi connectivity index (χ0n) is 12.1. The average Bonchev–Trinajstić information content (AvgIpc) is 2.71. The van der Waals surface area contributed by atoms with Crippen molar-refractivity contribution in [2.75, 3.05) is 13.1 Å². The number of β-amino-alcohol motifs (C(OH)–C–C–N with tert-alkyl or cyclic N) is 1. The third kappa shape index (κ3) is 4.56. The number of carbonyl (C=O) groups is 2. The molecular formula is C12H22B2N2O3. The van der Waals surface area contributed by atoms with Crippen LogP contribution in [0.3, 0.4) is 0 Å². The molecule has 19 heavy (non-hydrogen) atoms. The predicted molar refractivity (Wildman–Crippen MR) is 76.4 cm³/mol. The van der Waals surface area contributed by atoms with Crippen LogP contribution in [0.4, 0.5) is 4.79 Å². The fourth-order valence-electron chi connectivity index (χ4n) is 2.11. The molecule has 0 aromatic heterocycles. The van der Waals surface area contributed by atoms with Crippen molar-refractivity contribution in [3.8, 4) is 0 Å². The Kier molecular flexibility index (Phi) is 5.47. The van der Waals surface area contributed by atoms with Gasteiger partial charge >= 0.3 is 0 Å². The zero-order chi connectivity index (χ0) is 14.6. The summed E-state index contributed by atoms with van der Waals surface area (Å²) >= 11 is 0. The van der Waals surface area contributed by atoms with Crippen molar-refractivity contribution in [3.05, 3.63) is 0 Å². The maximum atomic E-state index is 12.5. The van der Waals surface area contributed by atoms with Crippen LogP contribution in [0.15, 0.2) is 0 Å². The van der Waals surface area contributed by atoms with Crippen molar-refractivity contribution in [2.24, 2.45) is 5.41 Å². The molecule has 0 bridgehead atoms. The molecule has 1 saturated heterocycles. The highest BCUT2D eigenvalue weighted by atomic mass is 16.3. The Morgan fingerprint density at radius 3 is 2.47 bits per heavy atom. The molecule has 1 aliphatic heterocycles. The summed E-state index contributed by atoms with van der Waals surface area (Å²) in [6.45, 7) is 8.40. The first kappa shape index (κ1) is 16.1. The number of amides is 2. The van der Waals surface area contributed by atoms with Gasteiger partial charge in [0.15, 0.2) is 13.0 Å². The Balaban J connectivity index is 2.74. The number of nitrogens with zero attached hydrogens (tertiary/aromatic N) is 1. The van der Waals surface area contributed by atoms with Gasteiger partial charge in [0.05, 0.1) is 13.3 Å². The Labute approximate surface area is 116 Å². The second-order valence-electron chi connectivity index (χ2n) is 6.03.